The summed E-state index contributed by atoms with van der Waals surface area (Å²) in [6.07, 6.45) is 5.87. The van der Waals surface area contributed by atoms with E-state index in [0.717, 1.165) is 19.4 Å². The largest absolute Gasteiger partial charge is 0.326 e. The van der Waals surface area contributed by atoms with Crippen LogP contribution in [-0.4, -0.2) is 16.1 Å². The summed E-state index contributed by atoms with van der Waals surface area (Å²) in [5.41, 5.74) is 5.79. The first-order valence-electron chi connectivity index (χ1n) is 4.81. The van der Waals surface area contributed by atoms with Gasteiger partial charge in [-0.15, -0.1) is 0 Å². The average Bonchev–Trinajstić information content (AvgIpc) is 2.71. The van der Waals surface area contributed by atoms with Gasteiger partial charge in [0.15, 0.2) is 0 Å². The van der Waals surface area contributed by atoms with Gasteiger partial charge in [0, 0.05) is 18.3 Å². The predicted molar refractivity (Wildman–Crippen MR) is 52.7 cm³/mol. The third-order valence-electron chi connectivity index (χ3n) is 2.50. The first-order valence-corrected chi connectivity index (χ1v) is 4.81. The Morgan fingerprint density at radius 1 is 1.71 bits per heavy atom. The SMILES string of the molecule is NCc1cn(C2CCCN2)cnc1=O. The van der Waals surface area contributed by atoms with E-state index < -0.39 is 0 Å². The summed E-state index contributed by atoms with van der Waals surface area (Å²) >= 11 is 0. The third-order valence-corrected chi connectivity index (χ3v) is 2.50. The lowest BCUT2D eigenvalue weighted by molar-refractivity contribution is 0.457. The van der Waals surface area contributed by atoms with Crippen LogP contribution in [0.3, 0.4) is 0 Å². The van der Waals surface area contributed by atoms with Crippen molar-refractivity contribution in [2.24, 2.45) is 5.73 Å². The Morgan fingerprint density at radius 2 is 2.57 bits per heavy atom. The van der Waals surface area contributed by atoms with Crippen LogP contribution in [0.5, 0.6) is 0 Å². The minimum atomic E-state index is -0.221. The van der Waals surface area contributed by atoms with E-state index in [4.69, 9.17) is 5.73 Å². The summed E-state index contributed by atoms with van der Waals surface area (Å²) in [5, 5.41) is 3.32. The first-order chi connectivity index (χ1) is 6.81. The standard InChI is InChI=1S/C9H14N4O/c10-4-7-5-13(6-12-9(7)14)8-2-1-3-11-8/h5-6,8,11H,1-4,10H2. The number of hydrogen-bond donors (Lipinski definition) is 2. The molecule has 0 saturated carbocycles. The van der Waals surface area contributed by atoms with E-state index in [1.54, 1.807) is 12.5 Å². The van der Waals surface area contributed by atoms with Gasteiger partial charge in [-0.2, -0.15) is 4.98 Å². The predicted octanol–water partition coefficient (Wildman–Crippen LogP) is -0.416. The Balaban J connectivity index is 2.30. The Bertz CT molecular complexity index is 367. The molecule has 0 aromatic carbocycles. The van der Waals surface area contributed by atoms with Crippen LogP contribution in [0.4, 0.5) is 0 Å². The molecule has 0 bridgehead atoms. The van der Waals surface area contributed by atoms with Crippen molar-refractivity contribution < 1.29 is 0 Å². The van der Waals surface area contributed by atoms with Crippen molar-refractivity contribution in [2.75, 3.05) is 6.54 Å². The minimum Gasteiger partial charge on any atom is -0.326 e. The van der Waals surface area contributed by atoms with Gasteiger partial charge in [-0.25, -0.2) is 0 Å². The van der Waals surface area contributed by atoms with Gasteiger partial charge in [-0.1, -0.05) is 0 Å². The van der Waals surface area contributed by atoms with E-state index in [2.05, 4.69) is 10.3 Å². The number of nitrogens with one attached hydrogen (secondary N) is 1. The molecule has 14 heavy (non-hydrogen) atoms. The summed E-state index contributed by atoms with van der Waals surface area (Å²) in [6, 6.07) is 0. The molecule has 0 radical (unpaired) electrons. The van der Waals surface area contributed by atoms with E-state index in [1.165, 1.54) is 0 Å². The molecule has 1 aromatic heterocycles. The lowest BCUT2D eigenvalue weighted by Crippen LogP contribution is -2.25. The van der Waals surface area contributed by atoms with Crippen LogP contribution in [0.2, 0.25) is 0 Å². The van der Waals surface area contributed by atoms with Crippen molar-refractivity contribution in [3.8, 4) is 0 Å². The van der Waals surface area contributed by atoms with E-state index in [9.17, 15) is 4.79 Å². The maximum atomic E-state index is 11.2. The Hall–Kier alpha value is -1.20. The second kappa shape index (κ2) is 3.89. The number of rotatable bonds is 2. The minimum absolute atomic E-state index is 0.221. The van der Waals surface area contributed by atoms with Crippen LogP contribution in [0.15, 0.2) is 17.3 Å². The van der Waals surface area contributed by atoms with Gasteiger partial charge < -0.3 is 10.3 Å². The highest BCUT2D eigenvalue weighted by atomic mass is 16.1. The highest BCUT2D eigenvalue weighted by molar-refractivity contribution is 5.04. The topological polar surface area (TPSA) is 72.9 Å². The molecule has 1 unspecified atom stereocenters. The van der Waals surface area contributed by atoms with Gasteiger partial charge in [0.1, 0.15) is 6.33 Å². The number of hydrogen-bond acceptors (Lipinski definition) is 4. The van der Waals surface area contributed by atoms with Crippen molar-refractivity contribution in [3.05, 3.63) is 28.4 Å². The Morgan fingerprint density at radius 3 is 3.21 bits per heavy atom. The summed E-state index contributed by atoms with van der Waals surface area (Å²) in [6.45, 7) is 1.27. The maximum absolute atomic E-state index is 11.2. The highest BCUT2D eigenvalue weighted by Gasteiger charge is 2.15. The summed E-state index contributed by atoms with van der Waals surface area (Å²) in [7, 11) is 0. The molecule has 2 heterocycles. The maximum Gasteiger partial charge on any atom is 0.277 e. The van der Waals surface area contributed by atoms with Gasteiger partial charge >= 0.3 is 0 Å². The molecule has 5 nitrogen and oxygen atoms in total. The van der Waals surface area contributed by atoms with E-state index in [-0.39, 0.29) is 18.3 Å². The second-order valence-corrected chi connectivity index (χ2v) is 3.47. The fraction of sp³-hybridized carbons (Fsp3) is 0.556. The molecule has 1 fully saturated rings. The summed E-state index contributed by atoms with van der Waals surface area (Å²) in [5.74, 6) is 0. The number of aromatic nitrogens is 2. The van der Waals surface area contributed by atoms with Crippen LogP contribution >= 0.6 is 0 Å². The number of nitrogens with two attached hydrogens (primary N) is 1. The molecule has 1 aliphatic rings. The normalized spacial score (nSPS) is 21.4. The molecule has 3 N–H and O–H groups in total. The molecule has 2 rings (SSSR count). The molecule has 1 atom stereocenters. The van der Waals surface area contributed by atoms with Crippen molar-refractivity contribution in [1.82, 2.24) is 14.9 Å². The molecule has 1 saturated heterocycles. The molecule has 0 aliphatic carbocycles. The molecule has 0 spiro atoms. The van der Waals surface area contributed by atoms with Crippen LogP contribution < -0.4 is 16.6 Å². The van der Waals surface area contributed by atoms with Crippen molar-refractivity contribution in [2.45, 2.75) is 25.6 Å². The highest BCUT2D eigenvalue weighted by Crippen LogP contribution is 2.14. The Labute approximate surface area is 82.0 Å². The fourth-order valence-electron chi connectivity index (χ4n) is 1.70. The number of nitrogens with zero attached hydrogens (tertiary/aromatic N) is 2. The van der Waals surface area contributed by atoms with Crippen LogP contribution in [-0.2, 0) is 6.54 Å². The molecular formula is C9H14N4O. The van der Waals surface area contributed by atoms with Gasteiger partial charge in [-0.05, 0) is 19.4 Å². The monoisotopic (exact) mass is 194 g/mol. The molecular weight excluding hydrogens is 180 g/mol. The smallest absolute Gasteiger partial charge is 0.277 e. The zero-order valence-electron chi connectivity index (χ0n) is 7.94. The van der Waals surface area contributed by atoms with E-state index in [0.29, 0.717) is 5.56 Å². The molecule has 1 aromatic rings. The van der Waals surface area contributed by atoms with Crippen molar-refractivity contribution in [1.29, 1.82) is 0 Å². The van der Waals surface area contributed by atoms with E-state index >= 15 is 0 Å². The third kappa shape index (κ3) is 1.69. The Kier molecular flexibility index (Phi) is 2.60. The van der Waals surface area contributed by atoms with Gasteiger partial charge in [0.2, 0.25) is 0 Å². The molecule has 1 aliphatic heterocycles. The van der Waals surface area contributed by atoms with Crippen molar-refractivity contribution >= 4 is 0 Å². The van der Waals surface area contributed by atoms with E-state index in [1.807, 2.05) is 4.57 Å². The van der Waals surface area contributed by atoms with Crippen molar-refractivity contribution in [3.63, 3.8) is 0 Å². The zero-order chi connectivity index (χ0) is 9.97. The first kappa shape index (κ1) is 9.36. The molecule has 76 valence electrons. The summed E-state index contributed by atoms with van der Waals surface area (Å²) < 4.78 is 1.93. The lowest BCUT2D eigenvalue weighted by Gasteiger charge is -2.14. The molecule has 0 amide bonds. The zero-order valence-corrected chi connectivity index (χ0v) is 7.94. The summed E-state index contributed by atoms with van der Waals surface area (Å²) in [4.78, 5) is 15.0. The second-order valence-electron chi connectivity index (χ2n) is 3.47. The van der Waals surface area contributed by atoms with Gasteiger partial charge in [-0.3, -0.25) is 10.1 Å². The molecule has 5 heteroatoms. The van der Waals surface area contributed by atoms with Crippen LogP contribution in [0.25, 0.3) is 0 Å². The van der Waals surface area contributed by atoms with Gasteiger partial charge in [0.05, 0.1) is 6.17 Å². The average molecular weight is 194 g/mol. The lowest BCUT2D eigenvalue weighted by atomic mass is 10.3. The van der Waals surface area contributed by atoms with Crippen LogP contribution in [0.1, 0.15) is 24.6 Å². The van der Waals surface area contributed by atoms with Gasteiger partial charge in [0.25, 0.3) is 5.56 Å². The fourth-order valence-corrected chi connectivity index (χ4v) is 1.70. The quantitative estimate of drug-likeness (QED) is 0.671. The van der Waals surface area contributed by atoms with Crippen LogP contribution in [0, 0.1) is 0 Å².